The molecular formula is C14H12N2O3. The van der Waals surface area contributed by atoms with Gasteiger partial charge in [0.1, 0.15) is 18.1 Å². The van der Waals surface area contributed by atoms with Crippen molar-refractivity contribution >= 4 is 18.0 Å². The number of carbonyl (C=O) groups is 2. The lowest BCUT2D eigenvalue weighted by Gasteiger charge is -2.02. The molecule has 0 aromatic heterocycles. The van der Waals surface area contributed by atoms with Gasteiger partial charge in [-0.3, -0.25) is 9.69 Å². The molecule has 1 aliphatic heterocycles. The lowest BCUT2D eigenvalue weighted by Crippen LogP contribution is -2.25. The summed E-state index contributed by atoms with van der Waals surface area (Å²) in [7, 11) is 1.43. The molecule has 1 N–H and O–H groups in total. The molecule has 2 rings (SSSR count). The highest BCUT2D eigenvalue weighted by Gasteiger charge is 2.29. The first kappa shape index (κ1) is 12.7. The van der Waals surface area contributed by atoms with E-state index in [0.717, 1.165) is 10.5 Å². The maximum atomic E-state index is 11.7. The number of likely N-dealkylation sites (N-methyl/N-ethyl adjacent to an activating group) is 1. The Morgan fingerprint density at radius 3 is 2.58 bits per heavy atom. The number of hydrogen-bond acceptors (Lipinski definition) is 3. The van der Waals surface area contributed by atoms with Crippen molar-refractivity contribution in [3.8, 4) is 18.1 Å². The first-order chi connectivity index (χ1) is 9.11. The van der Waals surface area contributed by atoms with Crippen molar-refractivity contribution < 1.29 is 14.3 Å². The largest absolute Gasteiger partial charge is 0.481 e. The van der Waals surface area contributed by atoms with Crippen LogP contribution in [0.5, 0.6) is 5.75 Å². The zero-order valence-electron chi connectivity index (χ0n) is 10.3. The van der Waals surface area contributed by atoms with Crippen LogP contribution in [0.25, 0.3) is 6.08 Å². The molecule has 1 fully saturated rings. The predicted molar refractivity (Wildman–Crippen MR) is 70.0 cm³/mol. The molecule has 96 valence electrons. The maximum absolute atomic E-state index is 11.7. The van der Waals surface area contributed by atoms with Crippen molar-refractivity contribution in [1.29, 1.82) is 0 Å². The minimum absolute atomic E-state index is 0.208. The lowest BCUT2D eigenvalue weighted by atomic mass is 10.2. The van der Waals surface area contributed by atoms with Crippen molar-refractivity contribution in [3.63, 3.8) is 0 Å². The first-order valence-corrected chi connectivity index (χ1v) is 5.59. The third-order valence-corrected chi connectivity index (χ3v) is 2.59. The fourth-order valence-corrected chi connectivity index (χ4v) is 1.58. The zero-order valence-corrected chi connectivity index (χ0v) is 10.3. The summed E-state index contributed by atoms with van der Waals surface area (Å²) in [5.41, 5.74) is 1.04. The molecule has 1 saturated heterocycles. The standard InChI is InChI=1S/C14H12N2O3/c1-3-8-19-11-6-4-10(5-7-11)9-12-13(17)16(2)14(18)15-12/h1,4-7,9H,8H2,2H3,(H,15,18)/b12-9+. The van der Waals surface area contributed by atoms with Crippen LogP contribution in [0.3, 0.4) is 0 Å². The Balaban J connectivity index is 2.14. The van der Waals surface area contributed by atoms with Crippen molar-refractivity contribution in [3.05, 3.63) is 35.5 Å². The van der Waals surface area contributed by atoms with Gasteiger partial charge in [0.05, 0.1) is 0 Å². The fourth-order valence-electron chi connectivity index (χ4n) is 1.58. The van der Waals surface area contributed by atoms with Crippen molar-refractivity contribution in [2.45, 2.75) is 0 Å². The molecule has 0 bridgehead atoms. The lowest BCUT2D eigenvalue weighted by molar-refractivity contribution is -0.121. The molecule has 5 heteroatoms. The number of terminal acetylenes is 1. The van der Waals surface area contributed by atoms with E-state index < -0.39 is 6.03 Å². The number of carbonyl (C=O) groups excluding carboxylic acids is 2. The van der Waals surface area contributed by atoms with Gasteiger partial charge in [0.2, 0.25) is 0 Å². The average molecular weight is 256 g/mol. The third-order valence-electron chi connectivity index (χ3n) is 2.59. The maximum Gasteiger partial charge on any atom is 0.328 e. The van der Waals surface area contributed by atoms with Crippen LogP contribution >= 0.6 is 0 Å². The third kappa shape index (κ3) is 2.75. The van der Waals surface area contributed by atoms with Gasteiger partial charge in [0.25, 0.3) is 5.91 Å². The molecule has 0 spiro atoms. The molecule has 5 nitrogen and oxygen atoms in total. The van der Waals surface area contributed by atoms with E-state index in [9.17, 15) is 9.59 Å². The second-order valence-electron chi connectivity index (χ2n) is 3.91. The smallest absolute Gasteiger partial charge is 0.328 e. The van der Waals surface area contributed by atoms with E-state index in [1.807, 2.05) is 0 Å². The molecule has 0 atom stereocenters. The molecule has 19 heavy (non-hydrogen) atoms. The van der Waals surface area contributed by atoms with E-state index in [1.165, 1.54) is 7.05 Å². The molecular weight excluding hydrogens is 244 g/mol. The molecule has 1 aromatic carbocycles. The Bertz CT molecular complexity index is 582. The molecule has 0 radical (unpaired) electrons. The van der Waals surface area contributed by atoms with Crippen LogP contribution in [-0.2, 0) is 4.79 Å². The minimum Gasteiger partial charge on any atom is -0.481 e. The summed E-state index contributed by atoms with van der Waals surface area (Å²) in [4.78, 5) is 24.0. The van der Waals surface area contributed by atoms with Crippen LogP contribution < -0.4 is 10.1 Å². The number of urea groups is 1. The van der Waals surface area contributed by atoms with Gasteiger partial charge in [0.15, 0.2) is 0 Å². The van der Waals surface area contributed by atoms with Gasteiger partial charge >= 0.3 is 6.03 Å². The van der Waals surface area contributed by atoms with Crippen LogP contribution in [0.4, 0.5) is 4.79 Å². The number of nitrogens with one attached hydrogen (secondary N) is 1. The number of ether oxygens (including phenoxy) is 1. The second kappa shape index (κ2) is 5.27. The molecule has 1 aromatic rings. The quantitative estimate of drug-likeness (QED) is 0.502. The SMILES string of the molecule is C#CCOc1ccc(/C=C2/NC(=O)N(C)C2=O)cc1. The van der Waals surface area contributed by atoms with Gasteiger partial charge in [-0.1, -0.05) is 18.1 Å². The average Bonchev–Trinajstić information content (AvgIpc) is 2.66. The van der Waals surface area contributed by atoms with Gasteiger partial charge in [-0.25, -0.2) is 4.79 Å². The molecule has 0 saturated carbocycles. The molecule has 0 aliphatic carbocycles. The van der Waals surface area contributed by atoms with Crippen molar-refractivity contribution in [2.24, 2.45) is 0 Å². The van der Waals surface area contributed by atoms with Gasteiger partial charge in [0, 0.05) is 7.05 Å². The van der Waals surface area contributed by atoms with E-state index in [0.29, 0.717) is 5.75 Å². The van der Waals surface area contributed by atoms with Gasteiger partial charge in [-0.05, 0) is 23.8 Å². The van der Waals surface area contributed by atoms with Crippen LogP contribution in [-0.4, -0.2) is 30.5 Å². The van der Waals surface area contributed by atoms with Crippen LogP contribution in [0.15, 0.2) is 30.0 Å². The minimum atomic E-state index is -0.426. The van der Waals surface area contributed by atoms with E-state index in [4.69, 9.17) is 11.2 Å². The summed E-state index contributed by atoms with van der Waals surface area (Å²) in [5, 5.41) is 2.49. The highest BCUT2D eigenvalue weighted by atomic mass is 16.5. The number of hydrogen-bond donors (Lipinski definition) is 1. The molecule has 0 unspecified atom stereocenters. The summed E-state index contributed by atoms with van der Waals surface area (Å²) >= 11 is 0. The summed E-state index contributed by atoms with van der Waals surface area (Å²) in [6, 6.07) is 6.61. The van der Waals surface area contributed by atoms with Crippen LogP contribution in [0.2, 0.25) is 0 Å². The topological polar surface area (TPSA) is 58.6 Å². The van der Waals surface area contributed by atoms with Gasteiger partial charge in [-0.15, -0.1) is 6.42 Å². The van der Waals surface area contributed by atoms with E-state index in [1.54, 1.807) is 30.3 Å². The highest BCUT2D eigenvalue weighted by Crippen LogP contribution is 2.16. The Hall–Kier alpha value is -2.74. The first-order valence-electron chi connectivity index (χ1n) is 5.59. The second-order valence-corrected chi connectivity index (χ2v) is 3.91. The van der Waals surface area contributed by atoms with E-state index in [-0.39, 0.29) is 18.2 Å². The number of amides is 3. The number of imide groups is 1. The number of nitrogens with zero attached hydrogens (tertiary/aromatic N) is 1. The van der Waals surface area contributed by atoms with Crippen molar-refractivity contribution in [2.75, 3.05) is 13.7 Å². The van der Waals surface area contributed by atoms with Gasteiger partial charge < -0.3 is 10.1 Å². The number of benzene rings is 1. The Morgan fingerprint density at radius 2 is 2.05 bits per heavy atom. The number of rotatable bonds is 3. The molecule has 1 heterocycles. The van der Waals surface area contributed by atoms with Crippen molar-refractivity contribution in [1.82, 2.24) is 10.2 Å². The Labute approximate surface area is 110 Å². The van der Waals surface area contributed by atoms with Crippen LogP contribution in [0.1, 0.15) is 5.56 Å². The normalized spacial score (nSPS) is 16.4. The fraction of sp³-hybridized carbons (Fsp3) is 0.143. The predicted octanol–water partition coefficient (Wildman–Crippen LogP) is 1.22. The Kier molecular flexibility index (Phi) is 3.53. The van der Waals surface area contributed by atoms with Crippen LogP contribution in [0, 0.1) is 12.3 Å². The van der Waals surface area contributed by atoms with E-state index >= 15 is 0 Å². The summed E-state index contributed by atoms with van der Waals surface area (Å²) in [5.74, 6) is 2.68. The summed E-state index contributed by atoms with van der Waals surface area (Å²) < 4.78 is 5.23. The molecule has 3 amide bonds. The highest BCUT2D eigenvalue weighted by molar-refractivity contribution is 6.13. The summed E-state index contributed by atoms with van der Waals surface area (Å²) in [6.45, 7) is 0.208. The summed E-state index contributed by atoms with van der Waals surface area (Å²) in [6.07, 6.45) is 6.70. The molecule has 1 aliphatic rings. The Morgan fingerprint density at radius 1 is 1.37 bits per heavy atom. The zero-order chi connectivity index (χ0) is 13.8. The van der Waals surface area contributed by atoms with Gasteiger partial charge in [-0.2, -0.15) is 0 Å². The van der Waals surface area contributed by atoms with E-state index in [2.05, 4.69) is 11.2 Å². The monoisotopic (exact) mass is 256 g/mol.